The quantitative estimate of drug-likeness (QED) is 0.598. The number of hydrogen-bond acceptors (Lipinski definition) is 3. The molecule has 14 heavy (non-hydrogen) atoms. The molecule has 0 aromatic carbocycles. The van der Waals surface area contributed by atoms with Crippen LogP contribution >= 0.6 is 11.6 Å². The molecule has 0 fully saturated rings. The Bertz CT molecular complexity index is 518. The molecule has 2 heterocycles. The SMILES string of the molecule is O=S(O)c1cncc2nc(Cl)ccc12. The van der Waals surface area contributed by atoms with Gasteiger partial charge in [0.05, 0.1) is 16.6 Å². The molecule has 0 aliphatic carbocycles. The Kier molecular flexibility index (Phi) is 2.45. The summed E-state index contributed by atoms with van der Waals surface area (Å²) in [5, 5.41) is 0.922. The van der Waals surface area contributed by atoms with Crippen molar-refractivity contribution in [3.05, 3.63) is 29.7 Å². The van der Waals surface area contributed by atoms with Crippen LogP contribution in [-0.2, 0) is 11.1 Å². The maximum absolute atomic E-state index is 10.9. The Morgan fingerprint density at radius 3 is 2.86 bits per heavy atom. The first-order chi connectivity index (χ1) is 6.68. The molecule has 0 amide bonds. The Labute approximate surface area is 87.2 Å². The van der Waals surface area contributed by atoms with E-state index < -0.39 is 11.1 Å². The van der Waals surface area contributed by atoms with Crippen LogP contribution < -0.4 is 0 Å². The van der Waals surface area contributed by atoms with E-state index in [-0.39, 0.29) is 4.90 Å². The van der Waals surface area contributed by atoms with Crippen molar-refractivity contribution in [2.45, 2.75) is 4.90 Å². The molecule has 2 aromatic heterocycles. The second kappa shape index (κ2) is 3.61. The highest BCUT2D eigenvalue weighted by atomic mass is 35.5. The van der Waals surface area contributed by atoms with Crippen molar-refractivity contribution >= 4 is 33.6 Å². The number of aromatic nitrogens is 2. The number of fused-ring (bicyclic) bond motifs is 1. The normalized spacial score (nSPS) is 13.0. The van der Waals surface area contributed by atoms with E-state index in [1.54, 1.807) is 12.1 Å². The number of hydrogen-bond donors (Lipinski definition) is 1. The van der Waals surface area contributed by atoms with Crippen LogP contribution in [0, 0.1) is 0 Å². The lowest BCUT2D eigenvalue weighted by molar-refractivity contribution is 0.565. The molecule has 1 N–H and O–H groups in total. The molecule has 0 aliphatic rings. The Hall–Kier alpha value is -1.04. The van der Waals surface area contributed by atoms with Gasteiger partial charge in [0.2, 0.25) is 0 Å². The minimum absolute atomic E-state index is 0.242. The molecule has 2 rings (SSSR count). The summed E-state index contributed by atoms with van der Waals surface area (Å²) in [4.78, 5) is 8.02. The van der Waals surface area contributed by atoms with Gasteiger partial charge in [0, 0.05) is 11.6 Å². The van der Waals surface area contributed by atoms with E-state index >= 15 is 0 Å². The first-order valence-electron chi connectivity index (χ1n) is 3.69. The maximum Gasteiger partial charge on any atom is 0.188 e. The van der Waals surface area contributed by atoms with Gasteiger partial charge in [0.25, 0.3) is 0 Å². The first kappa shape index (κ1) is 9.51. The van der Waals surface area contributed by atoms with E-state index in [4.69, 9.17) is 16.2 Å². The highest BCUT2D eigenvalue weighted by Gasteiger charge is 2.07. The largest absolute Gasteiger partial charge is 0.302 e. The lowest BCUT2D eigenvalue weighted by Gasteiger charge is -2.00. The van der Waals surface area contributed by atoms with Crippen LogP contribution in [0.15, 0.2) is 29.4 Å². The van der Waals surface area contributed by atoms with E-state index in [0.29, 0.717) is 16.1 Å². The zero-order chi connectivity index (χ0) is 10.1. The number of nitrogens with zero attached hydrogens (tertiary/aromatic N) is 2. The van der Waals surface area contributed by atoms with Gasteiger partial charge in [-0.05, 0) is 12.1 Å². The van der Waals surface area contributed by atoms with Crippen LogP contribution in [-0.4, -0.2) is 18.7 Å². The summed E-state index contributed by atoms with van der Waals surface area (Å²) < 4.78 is 19.9. The Morgan fingerprint density at radius 2 is 2.14 bits per heavy atom. The summed E-state index contributed by atoms with van der Waals surface area (Å²) in [5.41, 5.74) is 0.511. The van der Waals surface area contributed by atoms with Gasteiger partial charge in [0.1, 0.15) is 5.15 Å². The highest BCUT2D eigenvalue weighted by Crippen LogP contribution is 2.19. The molecule has 0 saturated heterocycles. The fourth-order valence-corrected chi connectivity index (χ4v) is 1.81. The summed E-state index contributed by atoms with van der Waals surface area (Å²) in [7, 11) is 0. The van der Waals surface area contributed by atoms with E-state index in [2.05, 4.69) is 9.97 Å². The molecule has 0 aliphatic heterocycles. The molecule has 0 saturated carbocycles. The third-order valence-electron chi connectivity index (χ3n) is 1.73. The van der Waals surface area contributed by atoms with Crippen molar-refractivity contribution in [3.63, 3.8) is 0 Å². The minimum atomic E-state index is -2.06. The zero-order valence-electron chi connectivity index (χ0n) is 6.85. The molecular weight excluding hydrogens is 224 g/mol. The van der Waals surface area contributed by atoms with Gasteiger partial charge in [-0.25, -0.2) is 9.19 Å². The molecule has 1 atom stereocenters. The number of rotatable bonds is 1. The topological polar surface area (TPSA) is 63.1 Å². The van der Waals surface area contributed by atoms with Crippen molar-refractivity contribution in [3.8, 4) is 0 Å². The van der Waals surface area contributed by atoms with Crippen molar-refractivity contribution < 1.29 is 8.76 Å². The van der Waals surface area contributed by atoms with E-state index in [1.807, 2.05) is 0 Å². The molecule has 1 unspecified atom stereocenters. The van der Waals surface area contributed by atoms with Crippen molar-refractivity contribution in [1.82, 2.24) is 9.97 Å². The van der Waals surface area contributed by atoms with Crippen LogP contribution in [0.1, 0.15) is 0 Å². The molecule has 0 spiro atoms. The lowest BCUT2D eigenvalue weighted by Crippen LogP contribution is -1.92. The number of pyridine rings is 2. The lowest BCUT2D eigenvalue weighted by atomic mass is 10.3. The summed E-state index contributed by atoms with van der Waals surface area (Å²) >= 11 is 3.62. The fourth-order valence-electron chi connectivity index (χ4n) is 1.14. The monoisotopic (exact) mass is 228 g/mol. The van der Waals surface area contributed by atoms with Gasteiger partial charge in [-0.3, -0.25) is 4.98 Å². The maximum atomic E-state index is 10.9. The molecular formula is C8H5ClN2O2S. The predicted octanol–water partition coefficient (Wildman–Crippen LogP) is 1.86. The van der Waals surface area contributed by atoms with Gasteiger partial charge in [-0.1, -0.05) is 11.6 Å². The summed E-state index contributed by atoms with van der Waals surface area (Å²) in [6.07, 6.45) is 2.84. The smallest absolute Gasteiger partial charge is 0.188 e. The standard InChI is InChI=1S/C8H5ClN2O2S/c9-8-2-1-5-6(11-8)3-10-4-7(5)14(12)13/h1-4H,(H,12,13). The second-order valence-corrected chi connectivity index (χ2v) is 3.91. The van der Waals surface area contributed by atoms with E-state index in [1.165, 1.54) is 12.4 Å². The first-order valence-corrected chi connectivity index (χ1v) is 5.18. The predicted molar refractivity (Wildman–Crippen MR) is 53.6 cm³/mol. The van der Waals surface area contributed by atoms with E-state index in [0.717, 1.165) is 0 Å². The molecule has 0 bridgehead atoms. The third-order valence-corrected chi connectivity index (χ3v) is 2.65. The van der Waals surface area contributed by atoms with Gasteiger partial charge in [0.15, 0.2) is 11.1 Å². The second-order valence-electron chi connectivity index (χ2n) is 2.59. The minimum Gasteiger partial charge on any atom is -0.302 e. The van der Waals surface area contributed by atoms with Crippen LogP contribution in [0.4, 0.5) is 0 Å². The summed E-state index contributed by atoms with van der Waals surface area (Å²) in [6.45, 7) is 0. The molecule has 72 valence electrons. The average Bonchev–Trinajstić information content (AvgIpc) is 2.16. The van der Waals surface area contributed by atoms with Gasteiger partial charge in [-0.2, -0.15) is 0 Å². The zero-order valence-corrected chi connectivity index (χ0v) is 8.42. The highest BCUT2D eigenvalue weighted by molar-refractivity contribution is 7.79. The van der Waals surface area contributed by atoms with Crippen LogP contribution in [0.25, 0.3) is 10.9 Å². The molecule has 4 nitrogen and oxygen atoms in total. The van der Waals surface area contributed by atoms with Gasteiger partial charge < -0.3 is 4.55 Å². The molecule has 0 radical (unpaired) electrons. The number of halogens is 1. The van der Waals surface area contributed by atoms with Crippen LogP contribution in [0.5, 0.6) is 0 Å². The third kappa shape index (κ3) is 1.61. The van der Waals surface area contributed by atoms with Crippen molar-refractivity contribution in [2.24, 2.45) is 0 Å². The fraction of sp³-hybridized carbons (Fsp3) is 0. The van der Waals surface area contributed by atoms with E-state index in [9.17, 15) is 4.21 Å². The summed E-state index contributed by atoms with van der Waals surface area (Å²) in [5.74, 6) is 0. The molecule has 2 aromatic rings. The van der Waals surface area contributed by atoms with Crippen molar-refractivity contribution in [2.75, 3.05) is 0 Å². The van der Waals surface area contributed by atoms with Crippen molar-refractivity contribution in [1.29, 1.82) is 0 Å². The molecule has 6 heteroatoms. The Morgan fingerprint density at radius 1 is 1.36 bits per heavy atom. The average molecular weight is 229 g/mol. The van der Waals surface area contributed by atoms with Gasteiger partial charge >= 0.3 is 0 Å². The Balaban J connectivity index is 2.81. The van der Waals surface area contributed by atoms with Crippen LogP contribution in [0.2, 0.25) is 5.15 Å². The van der Waals surface area contributed by atoms with Crippen LogP contribution in [0.3, 0.4) is 0 Å². The summed E-state index contributed by atoms with van der Waals surface area (Å²) in [6, 6.07) is 3.22. The van der Waals surface area contributed by atoms with Gasteiger partial charge in [-0.15, -0.1) is 0 Å².